The highest BCUT2D eigenvalue weighted by Crippen LogP contribution is 2.26. The lowest BCUT2D eigenvalue weighted by Crippen LogP contribution is -2.12. The lowest BCUT2D eigenvalue weighted by molar-refractivity contribution is 0.100. The van der Waals surface area contributed by atoms with Crippen molar-refractivity contribution in [1.82, 2.24) is 9.97 Å². The van der Waals surface area contributed by atoms with E-state index in [0.717, 1.165) is 28.8 Å². The van der Waals surface area contributed by atoms with E-state index in [2.05, 4.69) is 9.97 Å². The number of hydrogen-bond acceptors (Lipinski definition) is 2. The molecule has 0 spiro atoms. The first-order chi connectivity index (χ1) is 13.5. The third-order valence-electron chi connectivity index (χ3n) is 4.38. The first-order valence-electron chi connectivity index (χ1n) is 8.53. The number of carbonyl (C=O) groups is 1. The van der Waals surface area contributed by atoms with Gasteiger partial charge in [-0.2, -0.15) is 0 Å². The van der Waals surface area contributed by atoms with Gasteiger partial charge in [0.15, 0.2) is 11.6 Å². The van der Waals surface area contributed by atoms with E-state index in [1.165, 1.54) is 6.07 Å². The van der Waals surface area contributed by atoms with Gasteiger partial charge in [-0.3, -0.25) is 4.79 Å². The molecule has 4 nitrogen and oxygen atoms in total. The van der Waals surface area contributed by atoms with Gasteiger partial charge in [0.1, 0.15) is 5.82 Å². The van der Waals surface area contributed by atoms with Crippen LogP contribution in [0, 0.1) is 11.6 Å². The highest BCUT2D eigenvalue weighted by molar-refractivity contribution is 6.00. The Hall–Kier alpha value is -3.80. The summed E-state index contributed by atoms with van der Waals surface area (Å²) in [5, 5.41) is 0. The molecule has 0 fully saturated rings. The largest absolute Gasteiger partial charge is 0.366 e. The number of nitrogens with two attached hydrogens (primary N) is 1. The SMILES string of the molecule is NC(=O)c1ccccc1-c1ccc2[nH]c(/C=C/c3ccc(F)c(F)c3)nc2c1. The molecule has 0 aliphatic carbocycles. The lowest BCUT2D eigenvalue weighted by Gasteiger charge is -2.06. The van der Waals surface area contributed by atoms with Gasteiger partial charge in [0, 0.05) is 5.56 Å². The van der Waals surface area contributed by atoms with Gasteiger partial charge < -0.3 is 10.7 Å². The molecule has 0 radical (unpaired) electrons. The third kappa shape index (κ3) is 3.40. The summed E-state index contributed by atoms with van der Waals surface area (Å²) in [6.45, 7) is 0. The predicted octanol–water partition coefficient (Wildman–Crippen LogP) is 4.78. The Balaban J connectivity index is 1.68. The molecule has 0 bridgehead atoms. The molecule has 4 rings (SSSR count). The van der Waals surface area contributed by atoms with Crippen LogP contribution in [-0.4, -0.2) is 15.9 Å². The molecule has 0 unspecified atom stereocenters. The smallest absolute Gasteiger partial charge is 0.249 e. The number of rotatable bonds is 4. The van der Waals surface area contributed by atoms with Crippen molar-refractivity contribution in [2.75, 3.05) is 0 Å². The van der Waals surface area contributed by atoms with Gasteiger partial charge in [0.25, 0.3) is 0 Å². The van der Waals surface area contributed by atoms with E-state index in [1.54, 1.807) is 24.3 Å². The first-order valence-corrected chi connectivity index (χ1v) is 8.53. The molecule has 6 heteroatoms. The quantitative estimate of drug-likeness (QED) is 0.539. The van der Waals surface area contributed by atoms with E-state index in [1.807, 2.05) is 30.3 Å². The number of fused-ring (bicyclic) bond motifs is 1. The molecule has 138 valence electrons. The minimum atomic E-state index is -0.899. The van der Waals surface area contributed by atoms with Crippen LogP contribution in [-0.2, 0) is 0 Å². The van der Waals surface area contributed by atoms with Crippen molar-refractivity contribution in [2.45, 2.75) is 0 Å². The summed E-state index contributed by atoms with van der Waals surface area (Å²) in [5.41, 5.74) is 9.51. The van der Waals surface area contributed by atoms with Gasteiger partial charge in [0.2, 0.25) is 5.91 Å². The molecular formula is C22H15F2N3O. The number of nitrogens with zero attached hydrogens (tertiary/aromatic N) is 1. The number of imidazole rings is 1. The Kier molecular flexibility index (Phi) is 4.45. The summed E-state index contributed by atoms with van der Waals surface area (Å²) >= 11 is 0. The number of halogens is 2. The minimum absolute atomic E-state index is 0.441. The monoisotopic (exact) mass is 375 g/mol. The van der Waals surface area contributed by atoms with Crippen LogP contribution >= 0.6 is 0 Å². The van der Waals surface area contributed by atoms with Gasteiger partial charge in [0.05, 0.1) is 11.0 Å². The van der Waals surface area contributed by atoms with Crippen LogP contribution in [0.15, 0.2) is 60.7 Å². The van der Waals surface area contributed by atoms with Crippen molar-refractivity contribution in [2.24, 2.45) is 5.73 Å². The minimum Gasteiger partial charge on any atom is -0.366 e. The second kappa shape index (κ2) is 7.08. The van der Waals surface area contributed by atoms with Gasteiger partial charge in [-0.05, 0) is 53.1 Å². The van der Waals surface area contributed by atoms with Crippen molar-refractivity contribution in [3.05, 3.63) is 89.2 Å². The van der Waals surface area contributed by atoms with Crippen LogP contribution < -0.4 is 5.73 Å². The molecule has 3 aromatic carbocycles. The number of amides is 1. The molecule has 1 aromatic heterocycles. The molecule has 0 saturated heterocycles. The Labute approximate surface area is 159 Å². The summed E-state index contributed by atoms with van der Waals surface area (Å²) < 4.78 is 26.3. The second-order valence-electron chi connectivity index (χ2n) is 6.27. The van der Waals surface area contributed by atoms with Crippen molar-refractivity contribution in [3.8, 4) is 11.1 Å². The normalized spacial score (nSPS) is 11.4. The number of hydrogen-bond donors (Lipinski definition) is 2. The molecule has 0 saturated carbocycles. The maximum Gasteiger partial charge on any atom is 0.249 e. The zero-order chi connectivity index (χ0) is 19.7. The molecule has 1 amide bonds. The summed E-state index contributed by atoms with van der Waals surface area (Å²) in [6.07, 6.45) is 3.33. The average molecular weight is 375 g/mol. The number of aromatic amines is 1. The fourth-order valence-corrected chi connectivity index (χ4v) is 3.01. The molecule has 0 atom stereocenters. The van der Waals surface area contributed by atoms with Gasteiger partial charge in [-0.25, -0.2) is 13.8 Å². The zero-order valence-electron chi connectivity index (χ0n) is 14.6. The molecule has 4 aromatic rings. The third-order valence-corrected chi connectivity index (χ3v) is 4.38. The van der Waals surface area contributed by atoms with Crippen LogP contribution in [0.25, 0.3) is 34.3 Å². The summed E-state index contributed by atoms with van der Waals surface area (Å²) in [4.78, 5) is 19.3. The van der Waals surface area contributed by atoms with Crippen LogP contribution in [0.4, 0.5) is 8.78 Å². The molecule has 0 aliphatic heterocycles. The Bertz CT molecular complexity index is 1230. The number of aromatic nitrogens is 2. The van der Waals surface area contributed by atoms with E-state index in [4.69, 9.17) is 5.73 Å². The maximum atomic E-state index is 13.3. The molecule has 1 heterocycles. The van der Waals surface area contributed by atoms with E-state index in [9.17, 15) is 13.6 Å². The second-order valence-corrected chi connectivity index (χ2v) is 6.27. The molecular weight excluding hydrogens is 360 g/mol. The van der Waals surface area contributed by atoms with Crippen molar-refractivity contribution in [3.63, 3.8) is 0 Å². The molecule has 3 N–H and O–H groups in total. The number of H-pyrrole nitrogens is 1. The van der Waals surface area contributed by atoms with Crippen LogP contribution in [0.5, 0.6) is 0 Å². The molecule has 28 heavy (non-hydrogen) atoms. The van der Waals surface area contributed by atoms with E-state index in [0.29, 0.717) is 22.5 Å². The fourth-order valence-electron chi connectivity index (χ4n) is 3.01. The first kappa shape index (κ1) is 17.6. The average Bonchev–Trinajstić information content (AvgIpc) is 3.11. The van der Waals surface area contributed by atoms with E-state index >= 15 is 0 Å². The Morgan fingerprint density at radius 3 is 2.57 bits per heavy atom. The van der Waals surface area contributed by atoms with Crippen LogP contribution in [0.1, 0.15) is 21.7 Å². The highest BCUT2D eigenvalue weighted by Gasteiger charge is 2.10. The maximum absolute atomic E-state index is 13.3. The fraction of sp³-hybridized carbons (Fsp3) is 0. The lowest BCUT2D eigenvalue weighted by atomic mass is 9.99. The van der Waals surface area contributed by atoms with Crippen molar-refractivity contribution < 1.29 is 13.6 Å². The number of primary amides is 1. The van der Waals surface area contributed by atoms with Crippen LogP contribution in [0.3, 0.4) is 0 Å². The summed E-state index contributed by atoms with van der Waals surface area (Å²) in [5.74, 6) is -1.71. The van der Waals surface area contributed by atoms with Crippen molar-refractivity contribution >= 4 is 29.1 Å². The molecule has 0 aliphatic rings. The number of carbonyl (C=O) groups excluding carboxylic acids is 1. The number of benzene rings is 3. The topological polar surface area (TPSA) is 71.8 Å². The number of nitrogens with one attached hydrogen (secondary N) is 1. The highest BCUT2D eigenvalue weighted by atomic mass is 19.2. The van der Waals surface area contributed by atoms with Crippen LogP contribution in [0.2, 0.25) is 0 Å². The van der Waals surface area contributed by atoms with E-state index < -0.39 is 17.5 Å². The van der Waals surface area contributed by atoms with Gasteiger partial charge in [-0.1, -0.05) is 36.4 Å². The van der Waals surface area contributed by atoms with Gasteiger partial charge >= 0.3 is 0 Å². The predicted molar refractivity (Wildman–Crippen MR) is 105 cm³/mol. The summed E-state index contributed by atoms with van der Waals surface area (Å²) in [7, 11) is 0. The van der Waals surface area contributed by atoms with Crippen molar-refractivity contribution in [1.29, 1.82) is 0 Å². The van der Waals surface area contributed by atoms with E-state index in [-0.39, 0.29) is 0 Å². The standard InChI is InChI=1S/C22H15F2N3O/c23-17-8-5-13(11-18(17)24)6-10-21-26-19-9-7-14(12-20(19)27-21)15-3-1-2-4-16(15)22(25)28/h1-12H,(H2,25,28)(H,26,27)/b10-6+. The summed E-state index contributed by atoms with van der Waals surface area (Å²) in [6, 6.07) is 16.4. The van der Waals surface area contributed by atoms with Gasteiger partial charge in [-0.15, -0.1) is 0 Å². The Morgan fingerprint density at radius 2 is 1.79 bits per heavy atom. The Morgan fingerprint density at radius 1 is 0.964 bits per heavy atom. The zero-order valence-corrected chi connectivity index (χ0v) is 14.6.